The zero-order valence-electron chi connectivity index (χ0n) is 15.1. The van der Waals surface area contributed by atoms with Gasteiger partial charge in [0.1, 0.15) is 12.4 Å². The number of hydrogen-bond donors (Lipinski definition) is 1. The number of nitrogens with one attached hydrogen (secondary N) is 1. The Morgan fingerprint density at radius 2 is 1.88 bits per heavy atom. The molecule has 2 aromatic rings. The molecule has 2 atom stereocenters. The molecule has 0 radical (unpaired) electrons. The maximum Gasteiger partial charge on any atom is 0.231 e. The minimum Gasteiger partial charge on any atom is -0.338 e. The maximum atomic E-state index is 13.9. The first-order valence-electron chi connectivity index (χ1n) is 9.63. The Labute approximate surface area is 154 Å². The summed E-state index contributed by atoms with van der Waals surface area (Å²) in [7, 11) is 0. The highest BCUT2D eigenvalue weighted by molar-refractivity contribution is 5.79. The van der Waals surface area contributed by atoms with E-state index >= 15 is 0 Å². The minimum absolute atomic E-state index is 0.0655. The third-order valence-corrected chi connectivity index (χ3v) is 5.81. The van der Waals surface area contributed by atoms with Gasteiger partial charge in [-0.25, -0.2) is 4.39 Å². The van der Waals surface area contributed by atoms with Gasteiger partial charge in [0.15, 0.2) is 0 Å². The second-order valence-corrected chi connectivity index (χ2v) is 7.59. The number of rotatable bonds is 3. The summed E-state index contributed by atoms with van der Waals surface area (Å²) in [6, 6.07) is 15.4. The lowest BCUT2D eigenvalue weighted by molar-refractivity contribution is -0.921. The Kier molecular flexibility index (Phi) is 5.02. The topological polar surface area (TPSA) is 24.8 Å². The average molecular weight is 353 g/mol. The fraction of sp³-hybridized carbons (Fsp3) is 0.409. The van der Waals surface area contributed by atoms with E-state index in [0.717, 1.165) is 51.0 Å². The Hall–Kier alpha value is -2.20. The lowest BCUT2D eigenvalue weighted by Gasteiger charge is -2.35. The number of benzene rings is 2. The van der Waals surface area contributed by atoms with E-state index in [1.54, 1.807) is 6.07 Å². The van der Waals surface area contributed by atoms with Crippen molar-refractivity contribution in [3.8, 4) is 0 Å². The molecule has 2 heterocycles. The maximum absolute atomic E-state index is 13.9. The Morgan fingerprint density at radius 3 is 2.73 bits per heavy atom. The second kappa shape index (κ2) is 7.58. The van der Waals surface area contributed by atoms with Crippen LogP contribution in [0, 0.1) is 11.7 Å². The van der Waals surface area contributed by atoms with E-state index < -0.39 is 0 Å². The van der Waals surface area contributed by atoms with E-state index in [9.17, 15) is 9.18 Å². The molecule has 26 heavy (non-hydrogen) atoms. The van der Waals surface area contributed by atoms with Crippen molar-refractivity contribution in [2.45, 2.75) is 32.4 Å². The van der Waals surface area contributed by atoms with Gasteiger partial charge in [-0.3, -0.25) is 4.79 Å². The third-order valence-electron chi connectivity index (χ3n) is 5.81. The van der Waals surface area contributed by atoms with Gasteiger partial charge in [0.05, 0.1) is 19.0 Å². The molecule has 1 amide bonds. The number of carbonyl (C=O) groups is 1. The molecule has 4 heteroatoms. The first-order valence-corrected chi connectivity index (χ1v) is 9.63. The summed E-state index contributed by atoms with van der Waals surface area (Å²) >= 11 is 0. The Morgan fingerprint density at radius 1 is 1.12 bits per heavy atom. The smallest absolute Gasteiger partial charge is 0.231 e. The lowest BCUT2D eigenvalue weighted by atomic mass is 9.93. The summed E-state index contributed by atoms with van der Waals surface area (Å²) in [5, 5.41) is 0. The number of quaternary nitrogens is 1. The van der Waals surface area contributed by atoms with Crippen LogP contribution in [0.4, 0.5) is 4.39 Å². The highest BCUT2D eigenvalue weighted by Crippen LogP contribution is 2.21. The predicted octanol–water partition coefficient (Wildman–Crippen LogP) is 2.21. The molecule has 0 aromatic heterocycles. The van der Waals surface area contributed by atoms with E-state index in [4.69, 9.17) is 0 Å². The average Bonchev–Trinajstić information content (AvgIpc) is 2.69. The second-order valence-electron chi connectivity index (χ2n) is 7.59. The summed E-state index contributed by atoms with van der Waals surface area (Å²) in [6.45, 7) is 4.04. The zero-order valence-corrected chi connectivity index (χ0v) is 15.1. The van der Waals surface area contributed by atoms with Gasteiger partial charge in [0.2, 0.25) is 5.91 Å². The number of nitrogens with zero attached hydrogens (tertiary/aromatic N) is 1. The summed E-state index contributed by atoms with van der Waals surface area (Å²) < 4.78 is 13.9. The monoisotopic (exact) mass is 353 g/mol. The van der Waals surface area contributed by atoms with Crippen LogP contribution in [-0.2, 0) is 24.3 Å². The largest absolute Gasteiger partial charge is 0.338 e. The fourth-order valence-electron chi connectivity index (χ4n) is 4.38. The number of likely N-dealkylation sites (tertiary alicyclic amines) is 1. The van der Waals surface area contributed by atoms with Crippen molar-refractivity contribution in [1.82, 2.24) is 4.90 Å². The van der Waals surface area contributed by atoms with Crippen molar-refractivity contribution in [2.24, 2.45) is 5.92 Å². The SMILES string of the molecule is O=C([C@H]1CCC[NH+](Cc2ccccc2F)C1)N1CCc2ccccc2C1. The van der Waals surface area contributed by atoms with Gasteiger partial charge in [-0.1, -0.05) is 42.5 Å². The summed E-state index contributed by atoms with van der Waals surface area (Å²) in [5.41, 5.74) is 3.40. The zero-order chi connectivity index (χ0) is 17.9. The molecule has 2 aromatic carbocycles. The first-order chi connectivity index (χ1) is 12.7. The van der Waals surface area contributed by atoms with Crippen LogP contribution in [-0.4, -0.2) is 30.4 Å². The summed E-state index contributed by atoms with van der Waals surface area (Å²) in [6.07, 6.45) is 2.93. The molecule has 2 aliphatic rings. The van der Waals surface area contributed by atoms with Gasteiger partial charge in [-0.2, -0.15) is 0 Å². The van der Waals surface area contributed by atoms with Crippen LogP contribution >= 0.6 is 0 Å². The molecule has 1 saturated heterocycles. The molecular weight excluding hydrogens is 327 g/mol. The molecule has 3 nitrogen and oxygen atoms in total. The van der Waals surface area contributed by atoms with Crippen LogP contribution in [0.2, 0.25) is 0 Å². The van der Waals surface area contributed by atoms with E-state index in [1.165, 1.54) is 22.1 Å². The van der Waals surface area contributed by atoms with Gasteiger partial charge >= 0.3 is 0 Å². The number of piperidine rings is 1. The van der Waals surface area contributed by atoms with Crippen molar-refractivity contribution < 1.29 is 14.1 Å². The van der Waals surface area contributed by atoms with Crippen molar-refractivity contribution in [3.63, 3.8) is 0 Å². The van der Waals surface area contributed by atoms with Gasteiger partial charge in [0.25, 0.3) is 0 Å². The number of fused-ring (bicyclic) bond motifs is 1. The van der Waals surface area contributed by atoms with Crippen molar-refractivity contribution in [2.75, 3.05) is 19.6 Å². The predicted molar refractivity (Wildman–Crippen MR) is 99.1 cm³/mol. The highest BCUT2D eigenvalue weighted by atomic mass is 19.1. The van der Waals surface area contributed by atoms with Crippen LogP contribution in [0.3, 0.4) is 0 Å². The Bertz CT molecular complexity index is 791. The minimum atomic E-state index is -0.138. The molecule has 0 saturated carbocycles. The number of hydrogen-bond acceptors (Lipinski definition) is 1. The van der Waals surface area contributed by atoms with Gasteiger partial charge in [-0.05, 0) is 36.5 Å². The molecule has 0 aliphatic carbocycles. The summed E-state index contributed by atoms with van der Waals surface area (Å²) in [4.78, 5) is 16.4. The Balaban J connectivity index is 1.40. The quantitative estimate of drug-likeness (QED) is 0.899. The number of carbonyl (C=O) groups excluding carboxylic acids is 1. The van der Waals surface area contributed by atoms with Crippen LogP contribution in [0.5, 0.6) is 0 Å². The fourth-order valence-corrected chi connectivity index (χ4v) is 4.38. The molecule has 2 aliphatic heterocycles. The number of amides is 1. The molecule has 1 unspecified atom stereocenters. The van der Waals surface area contributed by atoms with E-state index in [0.29, 0.717) is 6.54 Å². The van der Waals surface area contributed by atoms with Crippen LogP contribution in [0.15, 0.2) is 48.5 Å². The molecule has 1 N–H and O–H groups in total. The summed E-state index contributed by atoms with van der Waals surface area (Å²) in [5.74, 6) is 0.210. The van der Waals surface area contributed by atoms with Gasteiger partial charge < -0.3 is 9.80 Å². The van der Waals surface area contributed by atoms with Crippen molar-refractivity contribution in [1.29, 1.82) is 0 Å². The van der Waals surface area contributed by atoms with E-state index in [1.807, 2.05) is 23.1 Å². The third kappa shape index (κ3) is 3.65. The van der Waals surface area contributed by atoms with Crippen molar-refractivity contribution in [3.05, 3.63) is 71.0 Å². The van der Waals surface area contributed by atoms with Crippen molar-refractivity contribution >= 4 is 5.91 Å². The molecule has 1 fully saturated rings. The molecule has 136 valence electrons. The molecule has 0 bridgehead atoms. The van der Waals surface area contributed by atoms with Crippen LogP contribution < -0.4 is 4.90 Å². The molecule has 4 rings (SSSR count). The van der Waals surface area contributed by atoms with E-state index in [-0.39, 0.29) is 17.6 Å². The van der Waals surface area contributed by atoms with Gasteiger partial charge in [-0.15, -0.1) is 0 Å². The van der Waals surface area contributed by atoms with E-state index in [2.05, 4.69) is 18.2 Å². The van der Waals surface area contributed by atoms with Gasteiger partial charge in [0, 0.05) is 18.7 Å². The normalized spacial score (nSPS) is 22.7. The standard InChI is InChI=1S/C22H25FN2O/c23-21-10-4-3-8-19(21)14-24-12-5-9-20(15-24)22(26)25-13-11-17-6-1-2-7-18(17)16-25/h1-4,6-8,10,20H,5,9,11-16H2/p+1/t20-/m0/s1. The molecular formula is C22H26FN2O+. The van der Waals surface area contributed by atoms with Crippen LogP contribution in [0.25, 0.3) is 0 Å². The van der Waals surface area contributed by atoms with Crippen LogP contribution in [0.1, 0.15) is 29.5 Å². The number of halogens is 1. The molecule has 0 spiro atoms. The lowest BCUT2D eigenvalue weighted by Crippen LogP contribution is -3.12. The highest BCUT2D eigenvalue weighted by Gasteiger charge is 2.33. The first kappa shape index (κ1) is 17.2.